The molecule has 0 aliphatic rings. The smallest absolute Gasteiger partial charge is 0.331 e. The Morgan fingerprint density at radius 3 is 2.31 bits per heavy atom. The van der Waals surface area contributed by atoms with E-state index < -0.39 is 12.1 Å². The molecule has 0 fully saturated rings. The van der Waals surface area contributed by atoms with E-state index in [2.05, 4.69) is 25.9 Å². The number of para-hydroxylation sites is 2. The van der Waals surface area contributed by atoms with Crippen molar-refractivity contribution in [2.45, 2.75) is 13.8 Å². The van der Waals surface area contributed by atoms with Crippen molar-refractivity contribution in [2.75, 3.05) is 20.9 Å². The van der Waals surface area contributed by atoms with E-state index in [1.165, 1.54) is 11.3 Å². The maximum absolute atomic E-state index is 13.5. The molecule has 0 bridgehead atoms. The summed E-state index contributed by atoms with van der Waals surface area (Å²) >= 11 is 1.48. The summed E-state index contributed by atoms with van der Waals surface area (Å²) in [6, 6.07) is 24.4. The van der Waals surface area contributed by atoms with E-state index >= 15 is 0 Å². The number of aromatic nitrogens is 2. The summed E-state index contributed by atoms with van der Waals surface area (Å²) in [5.74, 6) is 0. The third kappa shape index (κ3) is 6.11. The van der Waals surface area contributed by atoms with Gasteiger partial charge in [0.15, 0.2) is 5.13 Å². The van der Waals surface area contributed by atoms with Crippen LogP contribution in [0.2, 0.25) is 0 Å². The van der Waals surface area contributed by atoms with Gasteiger partial charge in [-0.05, 0) is 67.4 Å². The summed E-state index contributed by atoms with van der Waals surface area (Å²) in [4.78, 5) is 36.7. The number of carbonyl (C=O) groups excluding carboxylic acids is 2. The Morgan fingerprint density at radius 1 is 0.795 bits per heavy atom. The molecule has 39 heavy (non-hydrogen) atoms. The van der Waals surface area contributed by atoms with Gasteiger partial charge in [0, 0.05) is 40.4 Å². The van der Waals surface area contributed by atoms with Crippen molar-refractivity contribution < 1.29 is 9.59 Å². The van der Waals surface area contributed by atoms with Crippen molar-refractivity contribution in [2.24, 2.45) is 0 Å². The molecule has 0 saturated carbocycles. The Morgan fingerprint density at radius 2 is 1.54 bits per heavy atom. The van der Waals surface area contributed by atoms with Crippen molar-refractivity contribution in [1.82, 2.24) is 9.97 Å². The predicted molar refractivity (Wildman–Crippen MR) is 158 cm³/mol. The molecule has 0 atom stereocenters. The van der Waals surface area contributed by atoms with Crippen LogP contribution in [0.15, 0.2) is 103 Å². The van der Waals surface area contributed by atoms with Crippen LogP contribution in [0, 0.1) is 13.8 Å². The minimum absolute atomic E-state index is 0.442. The summed E-state index contributed by atoms with van der Waals surface area (Å²) < 4.78 is 0. The van der Waals surface area contributed by atoms with Gasteiger partial charge in [-0.2, -0.15) is 0 Å². The van der Waals surface area contributed by atoms with E-state index in [4.69, 9.17) is 0 Å². The second kappa shape index (κ2) is 11.6. The number of thiazole rings is 1. The van der Waals surface area contributed by atoms with Crippen LogP contribution in [-0.4, -0.2) is 22.0 Å². The quantitative estimate of drug-likeness (QED) is 0.206. The van der Waals surface area contributed by atoms with E-state index in [0.29, 0.717) is 22.2 Å². The number of aryl methyl sites for hydroxylation is 2. The minimum Gasteiger partial charge on any atom is -0.331 e. The number of hydrogen-bond acceptors (Lipinski definition) is 6. The zero-order chi connectivity index (χ0) is 27.2. The van der Waals surface area contributed by atoms with Gasteiger partial charge in [0.05, 0.1) is 11.4 Å². The minimum atomic E-state index is -0.588. The molecule has 194 valence electrons. The van der Waals surface area contributed by atoms with Gasteiger partial charge in [0.2, 0.25) is 0 Å². The normalized spacial score (nSPS) is 10.5. The van der Waals surface area contributed by atoms with Crippen LogP contribution in [0.25, 0.3) is 11.3 Å². The SMILES string of the molecule is Cc1ccccc1NC(=O)N(C(=O)Nc1ccc(C)c(Nc2nc(-c3cccnc3)cs2)c1)c1ccccc1. The first-order chi connectivity index (χ1) is 19.0. The highest BCUT2D eigenvalue weighted by Gasteiger charge is 2.24. The number of imide groups is 1. The molecule has 8 nitrogen and oxygen atoms in total. The molecule has 5 aromatic rings. The molecule has 5 rings (SSSR count). The van der Waals surface area contributed by atoms with Gasteiger partial charge in [-0.15, -0.1) is 11.3 Å². The van der Waals surface area contributed by atoms with E-state index in [1.54, 1.807) is 48.8 Å². The fourth-order valence-corrected chi connectivity index (χ4v) is 4.63. The number of carbonyl (C=O) groups is 2. The standard InChI is InChI=1S/C30H26N6O2S/c1-20-9-6-7-13-25(20)35-30(38)36(24-11-4-3-5-12-24)29(37)32-23-15-14-21(2)26(17-23)33-28-34-27(19-39-28)22-10-8-16-31-18-22/h3-19H,1-2H3,(H,32,37)(H,33,34)(H,35,38). The Labute approximate surface area is 230 Å². The molecule has 2 heterocycles. The van der Waals surface area contributed by atoms with Gasteiger partial charge in [-0.25, -0.2) is 19.5 Å². The molecule has 4 amide bonds. The molecule has 0 saturated heterocycles. The molecule has 0 radical (unpaired) electrons. The van der Waals surface area contributed by atoms with E-state index in [0.717, 1.165) is 33.0 Å². The molecule has 3 N–H and O–H groups in total. The summed E-state index contributed by atoms with van der Waals surface area (Å²) in [5.41, 5.74) is 6.02. The number of benzene rings is 3. The van der Waals surface area contributed by atoms with Crippen molar-refractivity contribution in [1.29, 1.82) is 0 Å². The molecule has 2 aromatic heterocycles. The highest BCUT2D eigenvalue weighted by Crippen LogP contribution is 2.30. The van der Waals surface area contributed by atoms with Crippen molar-refractivity contribution in [3.8, 4) is 11.3 Å². The summed E-state index contributed by atoms with van der Waals surface area (Å²) in [6.07, 6.45) is 3.50. The molecule has 3 aromatic carbocycles. The highest BCUT2D eigenvalue weighted by atomic mass is 32.1. The van der Waals surface area contributed by atoms with Gasteiger partial charge in [-0.3, -0.25) is 4.98 Å². The van der Waals surface area contributed by atoms with E-state index in [1.807, 2.05) is 67.8 Å². The monoisotopic (exact) mass is 534 g/mol. The number of hydrogen-bond donors (Lipinski definition) is 3. The van der Waals surface area contributed by atoms with Crippen LogP contribution in [0.3, 0.4) is 0 Å². The average Bonchev–Trinajstić information content (AvgIpc) is 3.42. The van der Waals surface area contributed by atoms with Crippen molar-refractivity contribution in [3.63, 3.8) is 0 Å². The fourth-order valence-electron chi connectivity index (χ4n) is 3.90. The molecule has 0 unspecified atom stereocenters. The lowest BCUT2D eigenvalue weighted by Gasteiger charge is -2.22. The second-order valence-corrected chi connectivity index (χ2v) is 9.64. The lowest BCUT2D eigenvalue weighted by molar-refractivity contribution is 0.246. The zero-order valence-corrected chi connectivity index (χ0v) is 22.2. The number of anilines is 5. The Kier molecular flexibility index (Phi) is 7.60. The number of rotatable bonds is 6. The molecule has 9 heteroatoms. The van der Waals surface area contributed by atoms with Gasteiger partial charge in [-0.1, -0.05) is 42.5 Å². The summed E-state index contributed by atoms with van der Waals surface area (Å²) in [5, 5.41) is 11.7. The third-order valence-electron chi connectivity index (χ3n) is 6.00. The van der Waals surface area contributed by atoms with Crippen LogP contribution < -0.4 is 20.9 Å². The molecule has 0 aliphatic heterocycles. The predicted octanol–water partition coefficient (Wildman–Crippen LogP) is 7.84. The summed E-state index contributed by atoms with van der Waals surface area (Å²) in [7, 11) is 0. The average molecular weight is 535 g/mol. The number of nitrogens with one attached hydrogen (secondary N) is 3. The van der Waals surface area contributed by atoms with Crippen LogP contribution in [0.1, 0.15) is 11.1 Å². The third-order valence-corrected chi connectivity index (χ3v) is 6.76. The van der Waals surface area contributed by atoms with Crippen molar-refractivity contribution in [3.05, 3.63) is 114 Å². The number of urea groups is 2. The number of pyridine rings is 1. The molecule has 0 aliphatic carbocycles. The molecular weight excluding hydrogens is 508 g/mol. The van der Waals surface area contributed by atoms with Crippen LogP contribution in [0.5, 0.6) is 0 Å². The van der Waals surface area contributed by atoms with E-state index in [9.17, 15) is 9.59 Å². The lowest BCUT2D eigenvalue weighted by Crippen LogP contribution is -2.43. The van der Waals surface area contributed by atoms with Crippen molar-refractivity contribution >= 4 is 51.3 Å². The first-order valence-electron chi connectivity index (χ1n) is 12.2. The van der Waals surface area contributed by atoms with E-state index in [-0.39, 0.29) is 0 Å². The zero-order valence-electron chi connectivity index (χ0n) is 21.4. The van der Waals surface area contributed by atoms with Crippen LogP contribution in [-0.2, 0) is 0 Å². The largest absolute Gasteiger partial charge is 0.334 e. The first-order valence-corrected chi connectivity index (χ1v) is 13.1. The Bertz CT molecular complexity index is 1600. The fraction of sp³-hybridized carbons (Fsp3) is 0.0667. The second-order valence-electron chi connectivity index (χ2n) is 8.78. The first kappa shape index (κ1) is 25.6. The number of nitrogens with zero attached hydrogens (tertiary/aromatic N) is 3. The van der Waals surface area contributed by atoms with Gasteiger partial charge in [0.25, 0.3) is 0 Å². The highest BCUT2D eigenvalue weighted by molar-refractivity contribution is 7.14. The molecule has 0 spiro atoms. The molecular formula is C30H26N6O2S. The maximum atomic E-state index is 13.5. The number of amides is 4. The Hall–Kier alpha value is -5.02. The van der Waals surface area contributed by atoms with Crippen LogP contribution >= 0.6 is 11.3 Å². The maximum Gasteiger partial charge on any atom is 0.334 e. The van der Waals surface area contributed by atoms with Gasteiger partial charge in [0.1, 0.15) is 0 Å². The van der Waals surface area contributed by atoms with Crippen LogP contribution in [0.4, 0.5) is 37.5 Å². The Balaban J connectivity index is 1.36. The topological polar surface area (TPSA) is 99.2 Å². The lowest BCUT2D eigenvalue weighted by atomic mass is 10.2. The van der Waals surface area contributed by atoms with Gasteiger partial charge >= 0.3 is 12.1 Å². The summed E-state index contributed by atoms with van der Waals surface area (Å²) in [6.45, 7) is 3.86. The van der Waals surface area contributed by atoms with Gasteiger partial charge < -0.3 is 16.0 Å².